The Balaban J connectivity index is 1.79. The van der Waals surface area contributed by atoms with Gasteiger partial charge in [-0.25, -0.2) is 18.1 Å². The predicted octanol–water partition coefficient (Wildman–Crippen LogP) is 0.744. The van der Waals surface area contributed by atoms with Crippen molar-refractivity contribution in [2.75, 3.05) is 6.54 Å². The number of carbonyl (C=O) groups excluding carboxylic acids is 1. The van der Waals surface area contributed by atoms with Crippen LogP contribution in [0.3, 0.4) is 0 Å². The summed E-state index contributed by atoms with van der Waals surface area (Å²) in [5.41, 5.74) is 0. The maximum Gasteiger partial charge on any atom is 0.251 e. The first-order chi connectivity index (χ1) is 8.47. The molecule has 18 heavy (non-hydrogen) atoms. The Kier molecular flexibility index (Phi) is 4.21. The monoisotopic (exact) mass is 309 g/mol. The third kappa shape index (κ3) is 3.91. The summed E-state index contributed by atoms with van der Waals surface area (Å²) in [4.78, 5) is 15.0. The molecule has 0 atom stereocenters. The molecule has 100 valence electrons. The topological polar surface area (TPSA) is 88.2 Å². The molecule has 2 N–H and O–H groups in total. The third-order valence-electron chi connectivity index (χ3n) is 2.31. The van der Waals surface area contributed by atoms with Crippen LogP contribution in [-0.4, -0.2) is 31.9 Å². The number of halogens is 1. The van der Waals surface area contributed by atoms with E-state index in [0.717, 1.165) is 24.2 Å². The molecule has 1 amide bonds. The predicted molar refractivity (Wildman–Crippen MR) is 68.1 cm³/mol. The number of amides is 1. The third-order valence-corrected chi connectivity index (χ3v) is 5.34. The smallest absolute Gasteiger partial charge is 0.251 e. The van der Waals surface area contributed by atoms with Crippen molar-refractivity contribution in [3.05, 3.63) is 10.7 Å². The second kappa shape index (κ2) is 5.52. The van der Waals surface area contributed by atoms with Gasteiger partial charge in [0.15, 0.2) is 8.68 Å². The largest absolute Gasteiger partial charge is 0.353 e. The zero-order valence-corrected chi connectivity index (χ0v) is 11.7. The van der Waals surface area contributed by atoms with Gasteiger partial charge in [0, 0.05) is 19.0 Å². The lowest BCUT2D eigenvalue weighted by atomic mass is 10.4. The fraction of sp³-hybridized carbons (Fsp3) is 0.556. The molecule has 1 aromatic heterocycles. The molecule has 6 nitrogen and oxygen atoms in total. The van der Waals surface area contributed by atoms with Crippen LogP contribution in [0.15, 0.2) is 10.4 Å². The zero-order chi connectivity index (χ0) is 13.2. The molecule has 0 radical (unpaired) electrons. The quantitative estimate of drug-likeness (QED) is 0.811. The van der Waals surface area contributed by atoms with Gasteiger partial charge >= 0.3 is 0 Å². The summed E-state index contributed by atoms with van der Waals surface area (Å²) in [6.45, 7) is 0.0659. The van der Waals surface area contributed by atoms with Crippen LogP contribution in [0.25, 0.3) is 0 Å². The summed E-state index contributed by atoms with van der Waals surface area (Å²) >= 11 is 6.44. The highest BCUT2D eigenvalue weighted by atomic mass is 35.5. The fourth-order valence-corrected chi connectivity index (χ4v) is 3.63. The molecule has 9 heteroatoms. The van der Waals surface area contributed by atoms with E-state index in [-0.39, 0.29) is 33.6 Å². The highest BCUT2D eigenvalue weighted by Crippen LogP contribution is 2.22. The standard InChI is InChI=1S/C9H12ClN3O3S2/c10-9-11-5-8(17-9)18(15,16)12-4-3-7(14)13-6-1-2-6/h5-6,12H,1-4H2,(H,13,14). The van der Waals surface area contributed by atoms with Gasteiger partial charge in [-0.05, 0) is 12.8 Å². The average molecular weight is 310 g/mol. The lowest BCUT2D eigenvalue weighted by Gasteiger charge is -2.04. The molecule has 1 aromatic rings. The SMILES string of the molecule is O=C(CCNS(=O)(=O)c1cnc(Cl)s1)NC1CC1. The average Bonchev–Trinajstić information content (AvgIpc) is 2.97. The first-order valence-electron chi connectivity index (χ1n) is 5.38. The number of hydrogen-bond acceptors (Lipinski definition) is 5. The lowest BCUT2D eigenvalue weighted by Crippen LogP contribution is -2.31. The van der Waals surface area contributed by atoms with E-state index in [1.807, 2.05) is 0 Å². The van der Waals surface area contributed by atoms with Gasteiger partial charge in [0.25, 0.3) is 10.0 Å². The van der Waals surface area contributed by atoms with E-state index in [1.165, 1.54) is 6.20 Å². The Bertz CT molecular complexity index is 539. The maximum absolute atomic E-state index is 11.7. The minimum absolute atomic E-state index is 0.0510. The normalized spacial score (nSPS) is 15.6. The highest BCUT2D eigenvalue weighted by molar-refractivity contribution is 7.91. The fourth-order valence-electron chi connectivity index (χ4n) is 1.26. The first-order valence-corrected chi connectivity index (χ1v) is 8.05. The van der Waals surface area contributed by atoms with Crippen molar-refractivity contribution in [1.82, 2.24) is 15.0 Å². The minimum atomic E-state index is -3.61. The molecule has 1 fully saturated rings. The van der Waals surface area contributed by atoms with Gasteiger partial charge in [0.2, 0.25) is 5.91 Å². The van der Waals surface area contributed by atoms with Crippen LogP contribution in [-0.2, 0) is 14.8 Å². The summed E-state index contributed by atoms with van der Waals surface area (Å²) in [6.07, 6.45) is 3.34. The zero-order valence-electron chi connectivity index (χ0n) is 9.35. The van der Waals surface area contributed by atoms with Gasteiger partial charge in [-0.3, -0.25) is 4.79 Å². The lowest BCUT2D eigenvalue weighted by molar-refractivity contribution is -0.121. The Hall–Kier alpha value is -0.700. The highest BCUT2D eigenvalue weighted by Gasteiger charge is 2.23. The molecule has 0 aromatic carbocycles. The van der Waals surface area contributed by atoms with Crippen LogP contribution < -0.4 is 10.0 Å². The number of sulfonamides is 1. The first kappa shape index (κ1) is 13.7. The Labute approximate surface area is 114 Å². The summed E-state index contributed by atoms with van der Waals surface area (Å²) in [5.74, 6) is -0.137. The molecular formula is C9H12ClN3O3S2. The van der Waals surface area contributed by atoms with E-state index in [0.29, 0.717) is 0 Å². The van der Waals surface area contributed by atoms with Gasteiger partial charge in [0.1, 0.15) is 0 Å². The molecule has 0 aliphatic heterocycles. The number of aromatic nitrogens is 1. The number of nitrogens with one attached hydrogen (secondary N) is 2. The minimum Gasteiger partial charge on any atom is -0.353 e. The molecule has 2 rings (SSSR count). The van der Waals surface area contributed by atoms with Crippen LogP contribution in [0, 0.1) is 0 Å². The summed E-state index contributed by atoms with van der Waals surface area (Å²) < 4.78 is 26.0. The molecule has 1 aliphatic carbocycles. The van der Waals surface area contributed by atoms with Crippen molar-refractivity contribution < 1.29 is 13.2 Å². The van der Waals surface area contributed by atoms with Gasteiger partial charge in [-0.15, -0.1) is 0 Å². The van der Waals surface area contributed by atoms with Crippen LogP contribution in [0.2, 0.25) is 4.47 Å². The van der Waals surface area contributed by atoms with Crippen LogP contribution in [0.5, 0.6) is 0 Å². The van der Waals surface area contributed by atoms with Crippen molar-refractivity contribution in [2.24, 2.45) is 0 Å². The molecular weight excluding hydrogens is 298 g/mol. The molecule has 1 aliphatic rings. The number of thiazole rings is 1. The van der Waals surface area contributed by atoms with Crippen molar-refractivity contribution in [2.45, 2.75) is 29.5 Å². The Morgan fingerprint density at radius 1 is 1.56 bits per heavy atom. The van der Waals surface area contributed by atoms with E-state index in [1.54, 1.807) is 0 Å². The summed E-state index contributed by atoms with van der Waals surface area (Å²) in [7, 11) is -3.61. The van der Waals surface area contributed by atoms with E-state index in [4.69, 9.17) is 11.6 Å². The van der Waals surface area contributed by atoms with E-state index in [9.17, 15) is 13.2 Å². The van der Waals surface area contributed by atoms with Crippen LogP contribution in [0.4, 0.5) is 0 Å². The molecule has 0 bridgehead atoms. The number of carbonyl (C=O) groups is 1. The van der Waals surface area contributed by atoms with Crippen LogP contribution in [0.1, 0.15) is 19.3 Å². The number of nitrogens with zero attached hydrogens (tertiary/aromatic N) is 1. The summed E-state index contributed by atoms with van der Waals surface area (Å²) in [6, 6.07) is 0.286. The van der Waals surface area contributed by atoms with Crippen molar-refractivity contribution in [3.8, 4) is 0 Å². The van der Waals surface area contributed by atoms with Gasteiger partial charge in [0.05, 0.1) is 6.20 Å². The van der Waals surface area contributed by atoms with Gasteiger partial charge < -0.3 is 5.32 Å². The van der Waals surface area contributed by atoms with Crippen molar-refractivity contribution >= 4 is 38.9 Å². The molecule has 1 saturated carbocycles. The number of hydrogen-bond donors (Lipinski definition) is 2. The van der Waals surface area contributed by atoms with Crippen molar-refractivity contribution in [3.63, 3.8) is 0 Å². The van der Waals surface area contributed by atoms with Crippen LogP contribution >= 0.6 is 22.9 Å². The maximum atomic E-state index is 11.7. The van der Waals surface area contributed by atoms with Crippen molar-refractivity contribution in [1.29, 1.82) is 0 Å². The van der Waals surface area contributed by atoms with E-state index < -0.39 is 10.0 Å². The van der Waals surface area contributed by atoms with E-state index >= 15 is 0 Å². The molecule has 0 saturated heterocycles. The Morgan fingerprint density at radius 2 is 2.28 bits per heavy atom. The molecule has 0 unspecified atom stereocenters. The molecule has 1 heterocycles. The summed E-state index contributed by atoms with van der Waals surface area (Å²) in [5, 5.41) is 2.78. The van der Waals surface area contributed by atoms with Gasteiger partial charge in [-0.2, -0.15) is 0 Å². The second-order valence-electron chi connectivity index (χ2n) is 3.92. The number of rotatable bonds is 6. The Morgan fingerprint density at radius 3 is 2.83 bits per heavy atom. The molecule has 0 spiro atoms. The van der Waals surface area contributed by atoms with Gasteiger partial charge in [-0.1, -0.05) is 22.9 Å². The van der Waals surface area contributed by atoms with E-state index in [2.05, 4.69) is 15.0 Å². The second-order valence-corrected chi connectivity index (χ2v) is 7.53.